The summed E-state index contributed by atoms with van der Waals surface area (Å²) in [5.41, 5.74) is 11.5. The molecule has 0 atom stereocenters. The number of aryl methyl sites for hydroxylation is 3. The molecule has 0 saturated carbocycles. The van der Waals surface area contributed by atoms with E-state index in [4.69, 9.17) is 5.73 Å². The van der Waals surface area contributed by atoms with E-state index in [-0.39, 0.29) is 0 Å². The van der Waals surface area contributed by atoms with Crippen LogP contribution in [-0.2, 0) is 13.6 Å². The van der Waals surface area contributed by atoms with Crippen molar-refractivity contribution in [3.63, 3.8) is 0 Å². The minimum absolute atomic E-state index is 0.513. The van der Waals surface area contributed by atoms with E-state index in [1.165, 1.54) is 11.1 Å². The second kappa shape index (κ2) is 4.10. The lowest BCUT2D eigenvalue weighted by Gasteiger charge is -2.06. The Kier molecular flexibility index (Phi) is 2.79. The van der Waals surface area contributed by atoms with Crippen LogP contribution in [0.15, 0.2) is 24.5 Å². The van der Waals surface area contributed by atoms with E-state index >= 15 is 0 Å². The summed E-state index contributed by atoms with van der Waals surface area (Å²) in [4.78, 5) is 4.41. The average Bonchev–Trinajstić information content (AvgIpc) is 2.63. The van der Waals surface area contributed by atoms with Crippen LogP contribution >= 0.6 is 0 Å². The number of nitrogens with two attached hydrogens (primary N) is 1. The highest BCUT2D eigenvalue weighted by atomic mass is 15.0. The van der Waals surface area contributed by atoms with Gasteiger partial charge < -0.3 is 10.3 Å². The van der Waals surface area contributed by atoms with Gasteiger partial charge in [0.15, 0.2) is 0 Å². The van der Waals surface area contributed by atoms with Crippen molar-refractivity contribution in [1.82, 2.24) is 9.55 Å². The van der Waals surface area contributed by atoms with E-state index in [9.17, 15) is 0 Å². The molecule has 3 nitrogen and oxygen atoms in total. The number of nitrogens with zero attached hydrogens (tertiary/aromatic N) is 2. The van der Waals surface area contributed by atoms with E-state index in [0.717, 1.165) is 17.0 Å². The second-order valence-electron chi connectivity index (χ2n) is 4.15. The molecule has 0 saturated heterocycles. The van der Waals surface area contributed by atoms with Crippen molar-refractivity contribution in [3.05, 3.63) is 41.3 Å². The van der Waals surface area contributed by atoms with Gasteiger partial charge in [0.25, 0.3) is 0 Å². The molecule has 0 amide bonds. The minimum atomic E-state index is 0.513. The van der Waals surface area contributed by atoms with E-state index in [2.05, 4.69) is 37.0 Å². The Bertz CT molecular complexity index is 512. The monoisotopic (exact) mass is 215 g/mol. The van der Waals surface area contributed by atoms with Crippen LogP contribution in [0.25, 0.3) is 11.3 Å². The first-order valence-electron chi connectivity index (χ1n) is 5.41. The summed E-state index contributed by atoms with van der Waals surface area (Å²) in [6.45, 7) is 4.74. The largest absolute Gasteiger partial charge is 0.336 e. The summed E-state index contributed by atoms with van der Waals surface area (Å²) in [5, 5.41) is 0. The number of hydrogen-bond donors (Lipinski definition) is 1. The summed E-state index contributed by atoms with van der Waals surface area (Å²) in [5.74, 6) is 0. The average molecular weight is 215 g/mol. The zero-order chi connectivity index (χ0) is 11.7. The fourth-order valence-corrected chi connectivity index (χ4v) is 1.83. The van der Waals surface area contributed by atoms with Gasteiger partial charge in [-0.25, -0.2) is 4.98 Å². The zero-order valence-corrected chi connectivity index (χ0v) is 9.99. The van der Waals surface area contributed by atoms with Crippen LogP contribution < -0.4 is 5.73 Å². The minimum Gasteiger partial charge on any atom is -0.336 e. The molecule has 0 unspecified atom stereocenters. The Morgan fingerprint density at radius 3 is 2.62 bits per heavy atom. The Hall–Kier alpha value is -1.61. The lowest BCUT2D eigenvalue weighted by atomic mass is 10.0. The topological polar surface area (TPSA) is 43.8 Å². The molecule has 1 heterocycles. The molecule has 0 spiro atoms. The maximum absolute atomic E-state index is 5.74. The van der Waals surface area contributed by atoms with E-state index in [1.807, 2.05) is 17.9 Å². The Morgan fingerprint density at radius 1 is 1.25 bits per heavy atom. The maximum Gasteiger partial charge on any atom is 0.0953 e. The van der Waals surface area contributed by atoms with Crippen molar-refractivity contribution >= 4 is 0 Å². The fourth-order valence-electron chi connectivity index (χ4n) is 1.83. The molecular formula is C13H17N3. The van der Waals surface area contributed by atoms with Gasteiger partial charge in [0, 0.05) is 19.2 Å². The summed E-state index contributed by atoms with van der Waals surface area (Å²) in [7, 11) is 1.97. The van der Waals surface area contributed by atoms with Gasteiger partial charge >= 0.3 is 0 Å². The third-order valence-corrected chi connectivity index (χ3v) is 3.03. The van der Waals surface area contributed by atoms with Crippen LogP contribution in [0.3, 0.4) is 0 Å². The molecule has 0 bridgehead atoms. The molecule has 1 aromatic heterocycles. The second-order valence-corrected chi connectivity index (χ2v) is 4.15. The van der Waals surface area contributed by atoms with Crippen LogP contribution in [0.2, 0.25) is 0 Å². The third-order valence-electron chi connectivity index (χ3n) is 3.03. The summed E-state index contributed by atoms with van der Waals surface area (Å²) < 4.78 is 1.98. The Morgan fingerprint density at radius 2 is 2.00 bits per heavy atom. The molecule has 1 aromatic carbocycles. The van der Waals surface area contributed by atoms with Gasteiger partial charge in [-0.3, -0.25) is 0 Å². The fraction of sp³-hybridized carbons (Fsp3) is 0.308. The number of aromatic nitrogens is 2. The molecule has 3 heteroatoms. The molecule has 84 valence electrons. The van der Waals surface area contributed by atoms with Gasteiger partial charge in [-0.15, -0.1) is 0 Å². The molecule has 16 heavy (non-hydrogen) atoms. The highest BCUT2D eigenvalue weighted by molar-refractivity contribution is 5.63. The number of rotatable bonds is 2. The first-order chi connectivity index (χ1) is 7.63. The normalized spacial score (nSPS) is 10.8. The standard InChI is InChI=1S/C13H17N3/c1-9-4-5-11(6-10(9)2)13-12(7-14)16(3)8-15-13/h4-6,8H,7,14H2,1-3H3. The predicted molar refractivity (Wildman–Crippen MR) is 66.0 cm³/mol. The van der Waals surface area contributed by atoms with Crippen molar-refractivity contribution in [2.24, 2.45) is 12.8 Å². The van der Waals surface area contributed by atoms with Crippen LogP contribution in [0.4, 0.5) is 0 Å². The SMILES string of the molecule is Cc1ccc(-c2ncn(C)c2CN)cc1C. The van der Waals surface area contributed by atoms with Gasteiger partial charge in [-0.2, -0.15) is 0 Å². The van der Waals surface area contributed by atoms with Crippen LogP contribution in [0.1, 0.15) is 16.8 Å². The lowest BCUT2D eigenvalue weighted by molar-refractivity contribution is 0.821. The van der Waals surface area contributed by atoms with Crippen LogP contribution in [0, 0.1) is 13.8 Å². The first kappa shape index (κ1) is 10.9. The maximum atomic E-state index is 5.74. The molecule has 0 aliphatic rings. The van der Waals surface area contributed by atoms with Crippen LogP contribution in [-0.4, -0.2) is 9.55 Å². The number of imidazole rings is 1. The van der Waals surface area contributed by atoms with Crippen LogP contribution in [0.5, 0.6) is 0 Å². The molecule has 0 aliphatic carbocycles. The van der Waals surface area contributed by atoms with Gasteiger partial charge in [-0.1, -0.05) is 12.1 Å². The summed E-state index contributed by atoms with van der Waals surface area (Å²) >= 11 is 0. The Labute approximate surface area is 95.9 Å². The van der Waals surface area contributed by atoms with Gasteiger partial charge in [-0.05, 0) is 31.0 Å². The number of benzene rings is 1. The summed E-state index contributed by atoms with van der Waals surface area (Å²) in [6, 6.07) is 6.39. The van der Waals surface area contributed by atoms with E-state index in [0.29, 0.717) is 6.54 Å². The van der Waals surface area contributed by atoms with Crippen molar-refractivity contribution in [3.8, 4) is 11.3 Å². The predicted octanol–water partition coefficient (Wildman–Crippen LogP) is 2.16. The first-order valence-corrected chi connectivity index (χ1v) is 5.41. The highest BCUT2D eigenvalue weighted by Crippen LogP contribution is 2.23. The molecule has 2 aromatic rings. The molecular weight excluding hydrogens is 198 g/mol. The van der Waals surface area contributed by atoms with Crippen molar-refractivity contribution in [2.75, 3.05) is 0 Å². The third kappa shape index (κ3) is 1.74. The highest BCUT2D eigenvalue weighted by Gasteiger charge is 2.09. The van der Waals surface area contributed by atoms with Gasteiger partial charge in [0.2, 0.25) is 0 Å². The Balaban J connectivity index is 2.54. The molecule has 0 radical (unpaired) electrons. The van der Waals surface area contributed by atoms with Gasteiger partial charge in [0.1, 0.15) is 0 Å². The van der Waals surface area contributed by atoms with Crippen molar-refractivity contribution in [1.29, 1.82) is 0 Å². The van der Waals surface area contributed by atoms with Crippen molar-refractivity contribution < 1.29 is 0 Å². The molecule has 0 fully saturated rings. The lowest BCUT2D eigenvalue weighted by Crippen LogP contribution is -2.04. The smallest absolute Gasteiger partial charge is 0.0953 e. The zero-order valence-electron chi connectivity index (χ0n) is 9.99. The number of hydrogen-bond acceptors (Lipinski definition) is 2. The summed E-state index contributed by atoms with van der Waals surface area (Å²) in [6.07, 6.45) is 1.81. The quantitative estimate of drug-likeness (QED) is 0.834. The van der Waals surface area contributed by atoms with E-state index in [1.54, 1.807) is 0 Å². The molecule has 0 aliphatic heterocycles. The van der Waals surface area contributed by atoms with E-state index < -0.39 is 0 Å². The molecule has 2 N–H and O–H groups in total. The van der Waals surface area contributed by atoms with Crippen molar-refractivity contribution in [2.45, 2.75) is 20.4 Å². The molecule has 2 rings (SSSR count). The van der Waals surface area contributed by atoms with Gasteiger partial charge in [0.05, 0.1) is 17.7 Å².